The SMILES string of the molecule is COc1cccc(CCNc2cc(Nc3cccc(C(C)=O)c3)ncn2)c1. The van der Waals surface area contributed by atoms with E-state index in [-0.39, 0.29) is 5.78 Å². The van der Waals surface area contributed by atoms with Crippen LogP contribution in [0.1, 0.15) is 22.8 Å². The molecule has 0 atom stereocenters. The summed E-state index contributed by atoms with van der Waals surface area (Å²) in [5.74, 6) is 2.28. The summed E-state index contributed by atoms with van der Waals surface area (Å²) in [5.41, 5.74) is 2.66. The van der Waals surface area contributed by atoms with Crippen molar-refractivity contribution in [2.24, 2.45) is 0 Å². The monoisotopic (exact) mass is 362 g/mol. The minimum Gasteiger partial charge on any atom is -0.497 e. The van der Waals surface area contributed by atoms with E-state index >= 15 is 0 Å². The standard InChI is InChI=1S/C21H22N4O2/c1-15(26)17-6-4-7-18(12-17)25-21-13-20(23-14-24-21)22-10-9-16-5-3-8-19(11-16)27-2/h3-8,11-14H,9-10H2,1-2H3,(H2,22,23,24,25). The second-order valence-corrected chi connectivity index (χ2v) is 6.08. The number of rotatable bonds is 8. The average Bonchev–Trinajstić information content (AvgIpc) is 2.69. The van der Waals surface area contributed by atoms with Gasteiger partial charge in [0.25, 0.3) is 0 Å². The van der Waals surface area contributed by atoms with Crippen molar-refractivity contribution < 1.29 is 9.53 Å². The predicted octanol–water partition coefficient (Wildman–Crippen LogP) is 4.09. The zero-order valence-electron chi connectivity index (χ0n) is 15.4. The van der Waals surface area contributed by atoms with Crippen molar-refractivity contribution in [1.82, 2.24) is 9.97 Å². The second kappa shape index (κ2) is 8.80. The number of aromatic nitrogens is 2. The molecule has 0 saturated heterocycles. The maximum Gasteiger partial charge on any atom is 0.159 e. The van der Waals surface area contributed by atoms with Gasteiger partial charge < -0.3 is 15.4 Å². The van der Waals surface area contributed by atoms with Gasteiger partial charge in [0.05, 0.1) is 7.11 Å². The van der Waals surface area contributed by atoms with Crippen LogP contribution in [-0.2, 0) is 6.42 Å². The van der Waals surface area contributed by atoms with Crippen molar-refractivity contribution in [3.05, 3.63) is 72.1 Å². The first kappa shape index (κ1) is 18.4. The number of carbonyl (C=O) groups is 1. The van der Waals surface area contributed by atoms with Gasteiger partial charge in [0.1, 0.15) is 23.7 Å². The third kappa shape index (κ3) is 5.28. The number of methoxy groups -OCH3 is 1. The van der Waals surface area contributed by atoms with Crippen LogP contribution in [0.3, 0.4) is 0 Å². The molecule has 0 aliphatic carbocycles. The summed E-state index contributed by atoms with van der Waals surface area (Å²) in [6, 6.07) is 17.2. The topological polar surface area (TPSA) is 76.1 Å². The molecule has 1 heterocycles. The van der Waals surface area contributed by atoms with Crippen molar-refractivity contribution in [2.75, 3.05) is 24.3 Å². The van der Waals surface area contributed by atoms with Gasteiger partial charge in [0, 0.05) is 23.9 Å². The number of Topliss-reactive ketones (excluding diaryl/α,β-unsaturated/α-hetero) is 1. The first-order valence-corrected chi connectivity index (χ1v) is 8.71. The second-order valence-electron chi connectivity index (χ2n) is 6.08. The molecule has 0 saturated carbocycles. The molecule has 6 nitrogen and oxygen atoms in total. The van der Waals surface area contributed by atoms with E-state index in [0.29, 0.717) is 11.4 Å². The smallest absolute Gasteiger partial charge is 0.159 e. The van der Waals surface area contributed by atoms with Crippen LogP contribution in [0.4, 0.5) is 17.3 Å². The fourth-order valence-corrected chi connectivity index (χ4v) is 2.65. The van der Waals surface area contributed by atoms with Gasteiger partial charge in [0.15, 0.2) is 5.78 Å². The van der Waals surface area contributed by atoms with E-state index in [2.05, 4.69) is 26.7 Å². The summed E-state index contributed by atoms with van der Waals surface area (Å²) in [5, 5.41) is 6.50. The summed E-state index contributed by atoms with van der Waals surface area (Å²) in [6.45, 7) is 2.29. The van der Waals surface area contributed by atoms with Crippen LogP contribution < -0.4 is 15.4 Å². The Hall–Kier alpha value is -3.41. The lowest BCUT2D eigenvalue weighted by atomic mass is 10.1. The molecule has 0 bridgehead atoms. The highest BCUT2D eigenvalue weighted by atomic mass is 16.5. The van der Waals surface area contributed by atoms with E-state index in [1.165, 1.54) is 11.9 Å². The fourth-order valence-electron chi connectivity index (χ4n) is 2.65. The number of nitrogens with one attached hydrogen (secondary N) is 2. The maximum atomic E-state index is 11.5. The van der Waals surface area contributed by atoms with Crippen molar-refractivity contribution in [2.45, 2.75) is 13.3 Å². The number of anilines is 3. The molecule has 2 aromatic carbocycles. The zero-order valence-corrected chi connectivity index (χ0v) is 15.4. The van der Waals surface area contributed by atoms with E-state index in [4.69, 9.17) is 4.74 Å². The Kier molecular flexibility index (Phi) is 5.99. The normalized spacial score (nSPS) is 10.3. The molecule has 0 fully saturated rings. The molecule has 138 valence electrons. The highest BCUT2D eigenvalue weighted by molar-refractivity contribution is 5.95. The van der Waals surface area contributed by atoms with E-state index in [1.54, 1.807) is 26.2 Å². The first-order chi connectivity index (χ1) is 13.1. The van der Waals surface area contributed by atoms with Crippen LogP contribution in [0.15, 0.2) is 60.9 Å². The lowest BCUT2D eigenvalue weighted by molar-refractivity contribution is 0.101. The Morgan fingerprint density at radius 1 is 1.04 bits per heavy atom. The third-order valence-electron chi connectivity index (χ3n) is 4.06. The summed E-state index contributed by atoms with van der Waals surface area (Å²) in [6.07, 6.45) is 2.36. The van der Waals surface area contributed by atoms with Crippen molar-refractivity contribution in [1.29, 1.82) is 0 Å². The largest absolute Gasteiger partial charge is 0.497 e. The number of nitrogens with zero attached hydrogens (tertiary/aromatic N) is 2. The molecule has 0 aliphatic rings. The molecule has 0 radical (unpaired) electrons. The lowest BCUT2D eigenvalue weighted by Gasteiger charge is -2.10. The maximum absolute atomic E-state index is 11.5. The quantitative estimate of drug-likeness (QED) is 0.588. The Balaban J connectivity index is 1.60. The van der Waals surface area contributed by atoms with Crippen molar-refractivity contribution in [3.63, 3.8) is 0 Å². The molecule has 1 aromatic heterocycles. The number of hydrogen-bond donors (Lipinski definition) is 2. The van der Waals surface area contributed by atoms with Gasteiger partial charge >= 0.3 is 0 Å². The van der Waals surface area contributed by atoms with Crippen LogP contribution in [-0.4, -0.2) is 29.4 Å². The Morgan fingerprint density at radius 2 is 1.85 bits per heavy atom. The van der Waals surface area contributed by atoms with E-state index in [1.807, 2.05) is 36.4 Å². The van der Waals surface area contributed by atoms with Crippen molar-refractivity contribution in [3.8, 4) is 5.75 Å². The van der Waals surface area contributed by atoms with Gasteiger partial charge in [-0.3, -0.25) is 4.79 Å². The van der Waals surface area contributed by atoms with E-state index in [0.717, 1.165) is 30.2 Å². The molecule has 0 unspecified atom stereocenters. The van der Waals surface area contributed by atoms with Crippen LogP contribution in [0.5, 0.6) is 5.75 Å². The zero-order chi connectivity index (χ0) is 19.1. The van der Waals surface area contributed by atoms with Gasteiger partial charge in [-0.25, -0.2) is 9.97 Å². The molecule has 0 aliphatic heterocycles. The molecule has 2 N–H and O–H groups in total. The first-order valence-electron chi connectivity index (χ1n) is 8.71. The summed E-state index contributed by atoms with van der Waals surface area (Å²) < 4.78 is 5.24. The number of ether oxygens (including phenoxy) is 1. The number of hydrogen-bond acceptors (Lipinski definition) is 6. The van der Waals surface area contributed by atoms with Crippen LogP contribution >= 0.6 is 0 Å². The van der Waals surface area contributed by atoms with Gasteiger partial charge in [0.2, 0.25) is 0 Å². The van der Waals surface area contributed by atoms with Crippen molar-refractivity contribution >= 4 is 23.1 Å². The highest BCUT2D eigenvalue weighted by Crippen LogP contribution is 2.18. The molecule has 27 heavy (non-hydrogen) atoms. The molecule has 3 aromatic rings. The van der Waals surface area contributed by atoms with Crippen LogP contribution in [0.25, 0.3) is 0 Å². The summed E-state index contributed by atoms with van der Waals surface area (Å²) in [7, 11) is 1.67. The highest BCUT2D eigenvalue weighted by Gasteiger charge is 2.03. The lowest BCUT2D eigenvalue weighted by Crippen LogP contribution is -2.07. The Labute approximate surface area is 158 Å². The van der Waals surface area contributed by atoms with Gasteiger partial charge in [-0.2, -0.15) is 0 Å². The minimum absolute atomic E-state index is 0.0289. The predicted molar refractivity (Wildman–Crippen MR) is 107 cm³/mol. The molecular weight excluding hydrogens is 340 g/mol. The van der Waals surface area contributed by atoms with Gasteiger partial charge in [-0.15, -0.1) is 0 Å². The van der Waals surface area contributed by atoms with Crippen LogP contribution in [0, 0.1) is 0 Å². The van der Waals surface area contributed by atoms with Gasteiger partial charge in [-0.1, -0.05) is 24.3 Å². The molecular formula is C21H22N4O2. The van der Waals surface area contributed by atoms with E-state index < -0.39 is 0 Å². The number of carbonyl (C=O) groups excluding carboxylic acids is 1. The number of benzene rings is 2. The third-order valence-corrected chi connectivity index (χ3v) is 4.06. The van der Waals surface area contributed by atoms with Crippen LogP contribution in [0.2, 0.25) is 0 Å². The summed E-state index contributed by atoms with van der Waals surface area (Å²) in [4.78, 5) is 20.0. The molecule has 6 heteroatoms. The average molecular weight is 362 g/mol. The fraction of sp³-hybridized carbons (Fsp3) is 0.190. The Morgan fingerprint density at radius 3 is 2.67 bits per heavy atom. The summed E-state index contributed by atoms with van der Waals surface area (Å²) >= 11 is 0. The van der Waals surface area contributed by atoms with Gasteiger partial charge in [-0.05, 0) is 43.2 Å². The number of ketones is 1. The molecule has 0 spiro atoms. The molecule has 0 amide bonds. The minimum atomic E-state index is 0.0289. The molecule has 3 rings (SSSR count). The van der Waals surface area contributed by atoms with E-state index in [9.17, 15) is 4.79 Å². The Bertz CT molecular complexity index is 927.